The molecule has 1 aliphatic rings. The molecule has 0 amide bonds. The zero-order valence-corrected chi connectivity index (χ0v) is 14.0. The molecule has 1 rings (SSSR count). The first-order valence-electron chi connectivity index (χ1n) is 6.86. The predicted molar refractivity (Wildman–Crippen MR) is 79.5 cm³/mol. The predicted octanol–water partition coefficient (Wildman–Crippen LogP) is 2.51. The minimum Gasteiger partial charge on any atom is -0.393 e. The molecule has 3 unspecified atom stereocenters. The van der Waals surface area contributed by atoms with Crippen molar-refractivity contribution in [3.63, 3.8) is 0 Å². The number of ether oxygens (including phenoxy) is 3. The highest BCUT2D eigenvalue weighted by Crippen LogP contribution is 2.54. The summed E-state index contributed by atoms with van der Waals surface area (Å²) in [5, 5.41) is 9.37. The first kappa shape index (κ1) is 18.6. The van der Waals surface area contributed by atoms with E-state index in [2.05, 4.69) is 0 Å². The van der Waals surface area contributed by atoms with E-state index in [4.69, 9.17) is 23.3 Å². The van der Waals surface area contributed by atoms with E-state index in [1.165, 1.54) is 11.4 Å². The standard InChI is InChI=1S/C12H25O6PS/c1-4-16-19(17-5-2)20-12(8-13)15-9-10-6-7-11(14-3)18-10/h10-13H,4-9H2,1-3H3. The maximum absolute atomic E-state index is 9.37. The number of hydrogen-bond donors (Lipinski definition) is 1. The Hall–Kier alpha value is 0.540. The van der Waals surface area contributed by atoms with Crippen molar-refractivity contribution in [2.24, 2.45) is 0 Å². The van der Waals surface area contributed by atoms with Crippen LogP contribution >= 0.6 is 19.0 Å². The van der Waals surface area contributed by atoms with Crippen LogP contribution < -0.4 is 0 Å². The highest BCUT2D eigenvalue weighted by molar-refractivity contribution is 8.53. The minimum atomic E-state index is -1.08. The summed E-state index contributed by atoms with van der Waals surface area (Å²) in [5.41, 5.74) is -0.357. The molecule has 1 heterocycles. The van der Waals surface area contributed by atoms with Crippen LogP contribution in [0.1, 0.15) is 26.7 Å². The molecular weight excluding hydrogens is 303 g/mol. The number of methoxy groups -OCH3 is 1. The third kappa shape index (κ3) is 7.00. The number of aliphatic hydroxyl groups is 1. The maximum atomic E-state index is 9.37. The van der Waals surface area contributed by atoms with Gasteiger partial charge in [0.05, 0.1) is 32.5 Å². The SMILES string of the molecule is CCOP(OCC)SC(CO)OCC1CCC(OC)O1. The van der Waals surface area contributed by atoms with Gasteiger partial charge in [0.15, 0.2) is 6.29 Å². The molecule has 3 atom stereocenters. The molecule has 0 spiro atoms. The van der Waals surface area contributed by atoms with Gasteiger partial charge in [-0.2, -0.15) is 0 Å². The van der Waals surface area contributed by atoms with Crippen molar-refractivity contribution in [1.82, 2.24) is 0 Å². The molecule has 0 bridgehead atoms. The van der Waals surface area contributed by atoms with E-state index >= 15 is 0 Å². The van der Waals surface area contributed by atoms with E-state index in [0.29, 0.717) is 19.8 Å². The molecule has 0 aromatic heterocycles. The first-order chi connectivity index (χ1) is 9.73. The number of rotatable bonds is 11. The second-order valence-corrected chi connectivity index (χ2v) is 7.34. The Morgan fingerprint density at radius 2 is 2.00 bits per heavy atom. The number of aliphatic hydroxyl groups excluding tert-OH is 1. The molecule has 8 heteroatoms. The molecule has 1 fully saturated rings. The molecule has 20 heavy (non-hydrogen) atoms. The summed E-state index contributed by atoms with van der Waals surface area (Å²) in [4.78, 5) is 0. The zero-order valence-electron chi connectivity index (χ0n) is 12.3. The lowest BCUT2D eigenvalue weighted by Crippen LogP contribution is -2.23. The molecule has 6 nitrogen and oxygen atoms in total. The molecule has 0 aromatic rings. The fourth-order valence-electron chi connectivity index (χ4n) is 1.70. The molecular formula is C12H25O6PS. The largest absolute Gasteiger partial charge is 0.393 e. The van der Waals surface area contributed by atoms with E-state index < -0.39 is 7.58 Å². The summed E-state index contributed by atoms with van der Waals surface area (Å²) in [5.74, 6) is 0. The van der Waals surface area contributed by atoms with Gasteiger partial charge in [-0.1, -0.05) is 0 Å². The molecule has 1 aliphatic heterocycles. The summed E-state index contributed by atoms with van der Waals surface area (Å²) in [6.07, 6.45) is 1.69. The maximum Gasteiger partial charge on any atom is 0.240 e. The van der Waals surface area contributed by atoms with Crippen LogP contribution in [0.5, 0.6) is 0 Å². The molecule has 0 aromatic carbocycles. The van der Waals surface area contributed by atoms with Crippen molar-refractivity contribution < 1.29 is 28.4 Å². The third-order valence-corrected chi connectivity index (χ3v) is 6.11. The van der Waals surface area contributed by atoms with Crippen molar-refractivity contribution in [3.8, 4) is 0 Å². The lowest BCUT2D eigenvalue weighted by molar-refractivity contribution is -0.130. The van der Waals surface area contributed by atoms with Gasteiger partial charge in [-0.25, -0.2) is 0 Å². The topological polar surface area (TPSA) is 66.4 Å². The Morgan fingerprint density at radius 3 is 2.50 bits per heavy atom. The van der Waals surface area contributed by atoms with E-state index in [1.807, 2.05) is 13.8 Å². The Morgan fingerprint density at radius 1 is 1.30 bits per heavy atom. The van der Waals surface area contributed by atoms with Gasteiger partial charge >= 0.3 is 0 Å². The smallest absolute Gasteiger partial charge is 0.240 e. The minimum absolute atomic E-state index is 0.0278. The molecule has 0 aliphatic carbocycles. The lowest BCUT2D eigenvalue weighted by atomic mass is 10.2. The van der Waals surface area contributed by atoms with Crippen molar-refractivity contribution in [1.29, 1.82) is 0 Å². The van der Waals surface area contributed by atoms with Crippen LogP contribution in [0.3, 0.4) is 0 Å². The van der Waals surface area contributed by atoms with Gasteiger partial charge < -0.3 is 28.4 Å². The second kappa shape index (κ2) is 11.2. The van der Waals surface area contributed by atoms with E-state index in [9.17, 15) is 5.11 Å². The first-order valence-corrected chi connectivity index (χ1v) is 9.53. The normalized spacial score (nSPS) is 24.4. The Kier molecular flexibility index (Phi) is 10.4. The van der Waals surface area contributed by atoms with Crippen molar-refractivity contribution in [3.05, 3.63) is 0 Å². The third-order valence-electron chi connectivity index (χ3n) is 2.62. The van der Waals surface area contributed by atoms with E-state index in [-0.39, 0.29) is 24.4 Å². The van der Waals surface area contributed by atoms with Crippen LogP contribution in [-0.4, -0.2) is 56.5 Å². The van der Waals surface area contributed by atoms with Gasteiger partial charge in [0, 0.05) is 13.5 Å². The van der Waals surface area contributed by atoms with Gasteiger partial charge in [-0.3, -0.25) is 0 Å². The Labute approximate surface area is 126 Å². The van der Waals surface area contributed by atoms with Crippen molar-refractivity contribution in [2.75, 3.05) is 33.5 Å². The average molecular weight is 328 g/mol. The van der Waals surface area contributed by atoms with Gasteiger partial charge in [0.1, 0.15) is 5.44 Å². The molecule has 1 N–H and O–H groups in total. The zero-order chi connectivity index (χ0) is 14.8. The van der Waals surface area contributed by atoms with Gasteiger partial charge in [-0.05, 0) is 31.7 Å². The molecule has 120 valence electrons. The van der Waals surface area contributed by atoms with Crippen LogP contribution in [0.4, 0.5) is 0 Å². The monoisotopic (exact) mass is 328 g/mol. The fourth-order valence-corrected chi connectivity index (χ4v) is 4.68. The van der Waals surface area contributed by atoms with Crippen molar-refractivity contribution >= 4 is 19.0 Å². The van der Waals surface area contributed by atoms with Crippen molar-refractivity contribution in [2.45, 2.75) is 44.5 Å². The summed E-state index contributed by atoms with van der Waals surface area (Å²) in [6.45, 7) is 5.36. The fraction of sp³-hybridized carbons (Fsp3) is 1.00. The van der Waals surface area contributed by atoms with Crippen LogP contribution in [0.25, 0.3) is 0 Å². The van der Waals surface area contributed by atoms with E-state index in [1.54, 1.807) is 7.11 Å². The Balaban J connectivity index is 2.27. The van der Waals surface area contributed by atoms with Gasteiger partial charge in [0.25, 0.3) is 0 Å². The molecule has 0 radical (unpaired) electrons. The van der Waals surface area contributed by atoms with Gasteiger partial charge in [-0.15, -0.1) is 0 Å². The molecule has 1 saturated heterocycles. The average Bonchev–Trinajstić information content (AvgIpc) is 2.91. The summed E-state index contributed by atoms with van der Waals surface area (Å²) < 4.78 is 27.4. The quantitative estimate of drug-likeness (QED) is 0.462. The second-order valence-electron chi connectivity index (χ2n) is 4.11. The Bertz CT molecular complexity index is 242. The van der Waals surface area contributed by atoms with Gasteiger partial charge in [0.2, 0.25) is 7.58 Å². The molecule has 0 saturated carbocycles. The van der Waals surface area contributed by atoms with Crippen LogP contribution in [0.15, 0.2) is 0 Å². The number of hydrogen-bond acceptors (Lipinski definition) is 7. The summed E-state index contributed by atoms with van der Waals surface area (Å²) in [6, 6.07) is 0. The summed E-state index contributed by atoms with van der Waals surface area (Å²) >= 11 is 1.39. The van der Waals surface area contributed by atoms with Crippen LogP contribution in [-0.2, 0) is 23.3 Å². The van der Waals surface area contributed by atoms with Crippen LogP contribution in [0.2, 0.25) is 0 Å². The summed E-state index contributed by atoms with van der Waals surface area (Å²) in [7, 11) is 0.561. The van der Waals surface area contributed by atoms with E-state index in [0.717, 1.165) is 12.8 Å². The highest BCUT2D eigenvalue weighted by Gasteiger charge is 2.27. The lowest BCUT2D eigenvalue weighted by Gasteiger charge is -2.22. The van der Waals surface area contributed by atoms with Crippen LogP contribution in [0, 0.1) is 0 Å². The highest BCUT2D eigenvalue weighted by atomic mass is 32.7.